The molecule has 4 heteroatoms. The van der Waals surface area contributed by atoms with E-state index in [9.17, 15) is 0 Å². The van der Waals surface area contributed by atoms with Gasteiger partial charge in [0.2, 0.25) is 5.82 Å². The van der Waals surface area contributed by atoms with E-state index in [4.69, 9.17) is 10.00 Å². The number of hydrogen-bond acceptors (Lipinski definition) is 4. The van der Waals surface area contributed by atoms with Gasteiger partial charge in [0, 0.05) is 0 Å². The lowest BCUT2D eigenvalue weighted by atomic mass is 10.5. The zero-order chi connectivity index (χ0) is 7.40. The summed E-state index contributed by atoms with van der Waals surface area (Å²) >= 11 is 0. The van der Waals surface area contributed by atoms with Crippen LogP contribution in [0.2, 0.25) is 0 Å². The van der Waals surface area contributed by atoms with Gasteiger partial charge in [-0.05, 0) is 0 Å². The predicted molar refractivity (Wildman–Crippen MR) is 33.3 cm³/mol. The Balaban J connectivity index is 2.93. The number of ether oxygens (including phenoxy) is 1. The lowest BCUT2D eigenvalue weighted by Crippen LogP contribution is -1.89. The van der Waals surface area contributed by atoms with Crippen LogP contribution in [0.25, 0.3) is 0 Å². The van der Waals surface area contributed by atoms with Crippen LogP contribution in [0.5, 0.6) is 5.75 Å². The number of aromatic nitrogens is 2. The molecule has 0 bridgehead atoms. The van der Waals surface area contributed by atoms with Crippen molar-refractivity contribution in [2.45, 2.75) is 0 Å². The summed E-state index contributed by atoms with van der Waals surface area (Å²) in [6, 6.07) is 1.80. The second-order valence-corrected chi connectivity index (χ2v) is 1.56. The molecule has 1 rings (SSSR count). The summed E-state index contributed by atoms with van der Waals surface area (Å²) in [6.07, 6.45) is 2.90. The maximum atomic E-state index is 8.29. The molecular formula is C6H5N3O. The van der Waals surface area contributed by atoms with Crippen LogP contribution in [-0.4, -0.2) is 17.1 Å². The normalized spacial score (nSPS) is 8.40. The van der Waals surface area contributed by atoms with Crippen molar-refractivity contribution in [1.82, 2.24) is 9.97 Å². The van der Waals surface area contributed by atoms with E-state index in [0.717, 1.165) is 0 Å². The molecule has 0 spiro atoms. The first-order valence-corrected chi connectivity index (χ1v) is 2.63. The Morgan fingerprint density at radius 1 is 1.50 bits per heavy atom. The zero-order valence-electron chi connectivity index (χ0n) is 5.40. The highest BCUT2D eigenvalue weighted by atomic mass is 16.5. The van der Waals surface area contributed by atoms with Crippen molar-refractivity contribution in [2.75, 3.05) is 7.11 Å². The molecule has 0 atom stereocenters. The quantitative estimate of drug-likeness (QED) is 0.557. The fourth-order valence-corrected chi connectivity index (χ4v) is 0.479. The number of hydrogen-bond donors (Lipinski definition) is 0. The molecule has 0 unspecified atom stereocenters. The van der Waals surface area contributed by atoms with Crippen molar-refractivity contribution < 1.29 is 4.74 Å². The fourth-order valence-electron chi connectivity index (χ4n) is 0.479. The van der Waals surface area contributed by atoms with Crippen LogP contribution in [-0.2, 0) is 0 Å². The first-order valence-electron chi connectivity index (χ1n) is 2.63. The van der Waals surface area contributed by atoms with Gasteiger partial charge in [0.05, 0.1) is 19.5 Å². The van der Waals surface area contributed by atoms with Crippen LogP contribution < -0.4 is 4.74 Å². The molecule has 1 aromatic heterocycles. The highest BCUT2D eigenvalue weighted by Crippen LogP contribution is 2.02. The van der Waals surface area contributed by atoms with E-state index in [1.54, 1.807) is 6.07 Å². The molecule has 1 aromatic rings. The van der Waals surface area contributed by atoms with Crippen LogP contribution in [0.1, 0.15) is 5.82 Å². The molecule has 0 radical (unpaired) electrons. The van der Waals surface area contributed by atoms with Gasteiger partial charge in [-0.1, -0.05) is 0 Å². The molecule has 0 aromatic carbocycles. The zero-order valence-corrected chi connectivity index (χ0v) is 5.40. The average molecular weight is 135 g/mol. The topological polar surface area (TPSA) is 58.8 Å². The van der Waals surface area contributed by atoms with E-state index in [1.807, 2.05) is 0 Å². The predicted octanol–water partition coefficient (Wildman–Crippen LogP) is 0.357. The van der Waals surface area contributed by atoms with E-state index < -0.39 is 0 Å². The van der Waals surface area contributed by atoms with Crippen molar-refractivity contribution >= 4 is 0 Å². The molecule has 50 valence electrons. The summed E-state index contributed by atoms with van der Waals surface area (Å²) < 4.78 is 4.78. The van der Waals surface area contributed by atoms with Crippen LogP contribution in [0, 0.1) is 11.3 Å². The largest absolute Gasteiger partial charge is 0.494 e. The SMILES string of the molecule is COc1cnc(C#N)nc1. The van der Waals surface area contributed by atoms with Gasteiger partial charge in [0.25, 0.3) is 0 Å². The van der Waals surface area contributed by atoms with E-state index in [-0.39, 0.29) is 5.82 Å². The number of methoxy groups -OCH3 is 1. The summed E-state index contributed by atoms with van der Waals surface area (Å²) in [7, 11) is 1.52. The van der Waals surface area contributed by atoms with Crippen LogP contribution in [0.3, 0.4) is 0 Å². The summed E-state index contributed by atoms with van der Waals surface area (Å²) in [5, 5.41) is 8.29. The van der Waals surface area contributed by atoms with Gasteiger partial charge in [-0.2, -0.15) is 5.26 Å². The Bertz CT molecular complexity index is 249. The van der Waals surface area contributed by atoms with Crippen molar-refractivity contribution in [3.05, 3.63) is 18.2 Å². The summed E-state index contributed by atoms with van der Waals surface area (Å²) in [5.41, 5.74) is 0. The lowest BCUT2D eigenvalue weighted by molar-refractivity contribution is 0.410. The van der Waals surface area contributed by atoms with Gasteiger partial charge in [0.15, 0.2) is 5.75 Å². The first kappa shape index (κ1) is 6.49. The van der Waals surface area contributed by atoms with Gasteiger partial charge in [0.1, 0.15) is 6.07 Å². The van der Waals surface area contributed by atoms with Crippen molar-refractivity contribution in [2.24, 2.45) is 0 Å². The Morgan fingerprint density at radius 2 is 2.10 bits per heavy atom. The van der Waals surface area contributed by atoms with Gasteiger partial charge in [-0.3, -0.25) is 0 Å². The van der Waals surface area contributed by atoms with Gasteiger partial charge < -0.3 is 4.74 Å². The van der Waals surface area contributed by atoms with Gasteiger partial charge >= 0.3 is 0 Å². The second-order valence-electron chi connectivity index (χ2n) is 1.56. The van der Waals surface area contributed by atoms with Crippen molar-refractivity contribution in [1.29, 1.82) is 5.26 Å². The van der Waals surface area contributed by atoms with Crippen LogP contribution >= 0.6 is 0 Å². The fraction of sp³-hybridized carbons (Fsp3) is 0.167. The molecule has 4 nitrogen and oxygen atoms in total. The minimum atomic E-state index is 0.154. The molecule has 0 N–H and O–H groups in total. The van der Waals surface area contributed by atoms with E-state index in [2.05, 4.69) is 9.97 Å². The third-order valence-electron chi connectivity index (χ3n) is 0.964. The summed E-state index contributed by atoms with van der Waals surface area (Å²) in [5.74, 6) is 0.708. The molecule has 0 saturated heterocycles. The molecule has 0 aliphatic rings. The Labute approximate surface area is 58.1 Å². The number of nitriles is 1. The highest BCUT2D eigenvalue weighted by Gasteiger charge is 1.92. The molecular weight excluding hydrogens is 130 g/mol. The Kier molecular flexibility index (Phi) is 1.80. The van der Waals surface area contributed by atoms with Gasteiger partial charge in [-0.15, -0.1) is 0 Å². The van der Waals surface area contributed by atoms with Crippen molar-refractivity contribution in [3.63, 3.8) is 0 Å². The standard InChI is InChI=1S/C6H5N3O/c1-10-5-3-8-6(2-7)9-4-5/h3-4H,1H3. The number of rotatable bonds is 1. The Morgan fingerprint density at radius 3 is 2.50 bits per heavy atom. The smallest absolute Gasteiger partial charge is 0.232 e. The minimum absolute atomic E-state index is 0.154. The summed E-state index contributed by atoms with van der Waals surface area (Å²) in [4.78, 5) is 7.34. The maximum absolute atomic E-state index is 8.29. The van der Waals surface area contributed by atoms with E-state index in [1.165, 1.54) is 19.5 Å². The molecule has 0 saturated carbocycles. The van der Waals surface area contributed by atoms with E-state index >= 15 is 0 Å². The average Bonchev–Trinajstić information content (AvgIpc) is 2.05. The van der Waals surface area contributed by atoms with Gasteiger partial charge in [-0.25, -0.2) is 9.97 Å². The van der Waals surface area contributed by atoms with E-state index in [0.29, 0.717) is 5.75 Å². The lowest BCUT2D eigenvalue weighted by Gasteiger charge is -1.94. The molecule has 0 fully saturated rings. The third-order valence-corrected chi connectivity index (χ3v) is 0.964. The molecule has 0 amide bonds. The summed E-state index contributed by atoms with van der Waals surface area (Å²) in [6.45, 7) is 0. The second kappa shape index (κ2) is 2.78. The molecule has 10 heavy (non-hydrogen) atoms. The number of nitrogens with zero attached hydrogens (tertiary/aromatic N) is 3. The van der Waals surface area contributed by atoms with Crippen LogP contribution in [0.4, 0.5) is 0 Å². The van der Waals surface area contributed by atoms with Crippen LogP contribution in [0.15, 0.2) is 12.4 Å². The maximum Gasteiger partial charge on any atom is 0.232 e. The highest BCUT2D eigenvalue weighted by molar-refractivity contribution is 5.17. The molecule has 0 aliphatic carbocycles. The first-order chi connectivity index (χ1) is 4.86. The minimum Gasteiger partial charge on any atom is -0.494 e. The third kappa shape index (κ3) is 1.20. The Hall–Kier alpha value is -1.63. The van der Waals surface area contributed by atoms with Crippen molar-refractivity contribution in [3.8, 4) is 11.8 Å². The molecule has 0 aliphatic heterocycles. The monoisotopic (exact) mass is 135 g/mol. The molecule has 1 heterocycles.